The molecule has 0 radical (unpaired) electrons. The summed E-state index contributed by atoms with van der Waals surface area (Å²) in [6.07, 6.45) is 1.57. The van der Waals surface area contributed by atoms with Gasteiger partial charge in [0.25, 0.3) is 5.91 Å². The first-order chi connectivity index (χ1) is 11.8. The predicted octanol–water partition coefficient (Wildman–Crippen LogP) is 2.74. The lowest BCUT2D eigenvalue weighted by Crippen LogP contribution is -2.43. The second-order valence-corrected chi connectivity index (χ2v) is 6.97. The number of rotatable bonds is 3. The molecule has 25 heavy (non-hydrogen) atoms. The van der Waals surface area contributed by atoms with E-state index in [0.29, 0.717) is 17.3 Å². The minimum atomic E-state index is -0.288. The monoisotopic (exact) mass is 339 g/mol. The Hall–Kier alpha value is -2.89. The number of carbonyl (C=O) groups excluding carboxylic acids is 2. The maximum atomic E-state index is 12.3. The Morgan fingerprint density at radius 2 is 1.96 bits per heavy atom. The van der Waals surface area contributed by atoms with Crippen molar-refractivity contribution in [2.75, 3.05) is 23.4 Å². The molecule has 0 fully saturated rings. The van der Waals surface area contributed by atoms with E-state index in [1.54, 1.807) is 18.3 Å². The molecule has 0 aliphatic carbocycles. The first kappa shape index (κ1) is 17.0. The highest BCUT2D eigenvalue weighted by atomic mass is 16.5. The fourth-order valence-electron chi connectivity index (χ4n) is 2.59. The molecule has 1 aromatic heterocycles. The topological polar surface area (TPSA) is 71.5 Å². The number of amides is 2. The number of pyridine rings is 1. The second kappa shape index (κ2) is 6.55. The third kappa shape index (κ3) is 3.79. The van der Waals surface area contributed by atoms with Crippen molar-refractivity contribution < 1.29 is 14.3 Å². The van der Waals surface area contributed by atoms with E-state index < -0.39 is 0 Å². The van der Waals surface area contributed by atoms with Crippen molar-refractivity contribution in [3.63, 3.8) is 0 Å². The standard InChI is InChI=1S/C19H21N3O3/c1-19(2,3)13-6-8-14(9-7-13)21-16(23)11-22-17(24)12-25-15-5-4-10-20-18(15)22/h4-10H,11-12H2,1-3H3,(H,21,23). The molecule has 6 nitrogen and oxygen atoms in total. The molecule has 2 amide bonds. The van der Waals surface area contributed by atoms with E-state index in [1.165, 1.54) is 10.5 Å². The van der Waals surface area contributed by atoms with Crippen molar-refractivity contribution in [2.45, 2.75) is 26.2 Å². The Morgan fingerprint density at radius 3 is 2.64 bits per heavy atom. The lowest BCUT2D eigenvalue weighted by atomic mass is 9.87. The Balaban J connectivity index is 1.70. The van der Waals surface area contributed by atoms with Crippen LogP contribution in [0.3, 0.4) is 0 Å². The Morgan fingerprint density at radius 1 is 1.24 bits per heavy atom. The number of hydrogen-bond donors (Lipinski definition) is 1. The van der Waals surface area contributed by atoms with Crippen LogP contribution < -0.4 is 15.0 Å². The molecule has 130 valence electrons. The molecule has 1 aliphatic rings. The maximum absolute atomic E-state index is 12.3. The van der Waals surface area contributed by atoms with Gasteiger partial charge in [0.15, 0.2) is 18.2 Å². The summed E-state index contributed by atoms with van der Waals surface area (Å²) in [6.45, 7) is 6.21. The van der Waals surface area contributed by atoms with Crippen molar-refractivity contribution in [1.82, 2.24) is 4.98 Å². The van der Waals surface area contributed by atoms with E-state index in [2.05, 4.69) is 31.1 Å². The quantitative estimate of drug-likeness (QED) is 0.933. The van der Waals surface area contributed by atoms with Crippen molar-refractivity contribution in [3.8, 4) is 5.75 Å². The average Bonchev–Trinajstić information content (AvgIpc) is 2.57. The van der Waals surface area contributed by atoms with Crippen molar-refractivity contribution in [3.05, 3.63) is 48.2 Å². The zero-order valence-electron chi connectivity index (χ0n) is 14.6. The van der Waals surface area contributed by atoms with Gasteiger partial charge in [-0.15, -0.1) is 0 Å². The summed E-state index contributed by atoms with van der Waals surface area (Å²) in [5.74, 6) is 0.307. The highest BCUT2D eigenvalue weighted by Gasteiger charge is 2.28. The molecule has 2 heterocycles. The van der Waals surface area contributed by atoms with Crippen molar-refractivity contribution >= 4 is 23.3 Å². The van der Waals surface area contributed by atoms with Gasteiger partial charge in [-0.3, -0.25) is 14.5 Å². The van der Waals surface area contributed by atoms with Crippen LogP contribution in [0.5, 0.6) is 5.75 Å². The largest absolute Gasteiger partial charge is 0.480 e. The summed E-state index contributed by atoms with van der Waals surface area (Å²) in [5, 5.41) is 2.82. The molecular weight excluding hydrogens is 318 g/mol. The summed E-state index contributed by atoms with van der Waals surface area (Å²) >= 11 is 0. The van der Waals surface area contributed by atoms with Crippen LogP contribution in [0.4, 0.5) is 11.5 Å². The van der Waals surface area contributed by atoms with Crippen LogP contribution in [-0.4, -0.2) is 29.9 Å². The summed E-state index contributed by atoms with van der Waals surface area (Å²) in [4.78, 5) is 29.9. The summed E-state index contributed by atoms with van der Waals surface area (Å²) in [7, 11) is 0. The average molecular weight is 339 g/mol. The lowest BCUT2D eigenvalue weighted by molar-refractivity contribution is -0.123. The van der Waals surface area contributed by atoms with Crippen LogP contribution >= 0.6 is 0 Å². The van der Waals surface area contributed by atoms with E-state index in [-0.39, 0.29) is 30.4 Å². The van der Waals surface area contributed by atoms with Crippen LogP contribution in [0, 0.1) is 0 Å². The fraction of sp³-hybridized carbons (Fsp3) is 0.316. The van der Waals surface area contributed by atoms with Crippen LogP contribution in [0.25, 0.3) is 0 Å². The number of anilines is 2. The SMILES string of the molecule is CC(C)(C)c1ccc(NC(=O)CN2C(=O)COc3cccnc32)cc1. The highest BCUT2D eigenvalue weighted by Crippen LogP contribution is 2.29. The van der Waals surface area contributed by atoms with Gasteiger partial charge in [-0.1, -0.05) is 32.9 Å². The fourth-order valence-corrected chi connectivity index (χ4v) is 2.59. The molecular formula is C19H21N3O3. The van der Waals surface area contributed by atoms with Crippen LogP contribution in [0.1, 0.15) is 26.3 Å². The number of nitrogens with zero attached hydrogens (tertiary/aromatic N) is 2. The first-order valence-electron chi connectivity index (χ1n) is 8.13. The molecule has 0 spiro atoms. The van der Waals surface area contributed by atoms with Crippen molar-refractivity contribution in [2.24, 2.45) is 0 Å². The minimum absolute atomic E-state index is 0.0537. The van der Waals surface area contributed by atoms with Gasteiger partial charge in [-0.25, -0.2) is 4.98 Å². The number of carbonyl (C=O) groups is 2. The zero-order valence-corrected chi connectivity index (χ0v) is 14.6. The number of benzene rings is 1. The molecule has 0 atom stereocenters. The molecule has 0 saturated carbocycles. The maximum Gasteiger partial charge on any atom is 0.266 e. The summed E-state index contributed by atoms with van der Waals surface area (Å²) in [6, 6.07) is 11.2. The van der Waals surface area contributed by atoms with Crippen LogP contribution in [0.2, 0.25) is 0 Å². The number of aromatic nitrogens is 1. The summed E-state index contributed by atoms with van der Waals surface area (Å²) in [5.41, 5.74) is 1.94. The van der Waals surface area contributed by atoms with Gasteiger partial charge in [0.2, 0.25) is 5.91 Å². The third-order valence-electron chi connectivity index (χ3n) is 4.00. The molecule has 0 saturated heterocycles. The number of hydrogen-bond acceptors (Lipinski definition) is 4. The van der Waals surface area contributed by atoms with Gasteiger partial charge in [-0.2, -0.15) is 0 Å². The number of nitrogens with one attached hydrogen (secondary N) is 1. The molecule has 1 N–H and O–H groups in total. The number of fused-ring (bicyclic) bond motifs is 1. The zero-order chi connectivity index (χ0) is 18.0. The van der Waals surface area contributed by atoms with Crippen LogP contribution in [0.15, 0.2) is 42.6 Å². The molecule has 0 bridgehead atoms. The van der Waals surface area contributed by atoms with E-state index in [9.17, 15) is 9.59 Å². The molecule has 1 aromatic carbocycles. The Kier molecular flexibility index (Phi) is 4.44. The first-order valence-corrected chi connectivity index (χ1v) is 8.13. The van der Waals surface area contributed by atoms with Crippen LogP contribution in [-0.2, 0) is 15.0 Å². The predicted molar refractivity (Wildman–Crippen MR) is 95.9 cm³/mol. The normalized spacial score (nSPS) is 13.9. The van der Waals surface area contributed by atoms with E-state index in [1.807, 2.05) is 24.3 Å². The molecule has 6 heteroatoms. The Bertz CT molecular complexity index is 794. The third-order valence-corrected chi connectivity index (χ3v) is 4.00. The van der Waals surface area contributed by atoms with E-state index in [0.717, 1.165) is 0 Å². The van der Waals surface area contributed by atoms with Gasteiger partial charge in [0, 0.05) is 11.9 Å². The molecule has 2 aromatic rings. The highest BCUT2D eigenvalue weighted by molar-refractivity contribution is 6.04. The number of ether oxygens (including phenoxy) is 1. The van der Waals surface area contributed by atoms with Crippen molar-refractivity contribution in [1.29, 1.82) is 0 Å². The smallest absolute Gasteiger partial charge is 0.266 e. The molecule has 1 aliphatic heterocycles. The minimum Gasteiger partial charge on any atom is -0.480 e. The molecule has 3 rings (SSSR count). The van der Waals surface area contributed by atoms with Gasteiger partial charge < -0.3 is 10.1 Å². The van der Waals surface area contributed by atoms with Gasteiger partial charge in [-0.05, 0) is 35.2 Å². The van der Waals surface area contributed by atoms with E-state index >= 15 is 0 Å². The van der Waals surface area contributed by atoms with Gasteiger partial charge in [0.1, 0.15) is 6.54 Å². The van der Waals surface area contributed by atoms with Gasteiger partial charge >= 0.3 is 0 Å². The lowest BCUT2D eigenvalue weighted by Gasteiger charge is -2.27. The molecule has 0 unspecified atom stereocenters. The summed E-state index contributed by atoms with van der Waals surface area (Å²) < 4.78 is 5.33. The van der Waals surface area contributed by atoms with Gasteiger partial charge in [0.05, 0.1) is 0 Å². The second-order valence-electron chi connectivity index (χ2n) is 6.97. The Labute approximate surface area is 146 Å². The van der Waals surface area contributed by atoms with E-state index in [4.69, 9.17) is 4.74 Å².